The van der Waals surface area contributed by atoms with Crippen LogP contribution in [0.3, 0.4) is 0 Å². The van der Waals surface area contributed by atoms with E-state index < -0.39 is 0 Å². The van der Waals surface area contributed by atoms with Crippen LogP contribution < -0.4 is 5.32 Å². The summed E-state index contributed by atoms with van der Waals surface area (Å²) in [6.07, 6.45) is 0. The molecule has 0 radical (unpaired) electrons. The van der Waals surface area contributed by atoms with E-state index in [-0.39, 0.29) is 11.8 Å². The number of hydrogen-bond donors (Lipinski definition) is 2. The second kappa shape index (κ2) is 4.65. The molecule has 3 aromatic rings. The predicted octanol–water partition coefficient (Wildman–Crippen LogP) is 3.71. The Bertz CT molecular complexity index is 673. The average molecular weight is 254 g/mol. The van der Waals surface area contributed by atoms with Gasteiger partial charge in [0.1, 0.15) is 17.3 Å². The fraction of sp³-hybridized carbons (Fsp3) is 0.133. The van der Waals surface area contributed by atoms with Gasteiger partial charge in [-0.2, -0.15) is 0 Å². The molecule has 0 aliphatic heterocycles. The van der Waals surface area contributed by atoms with E-state index in [9.17, 15) is 5.11 Å². The van der Waals surface area contributed by atoms with E-state index >= 15 is 0 Å². The van der Waals surface area contributed by atoms with Crippen LogP contribution in [0.1, 0.15) is 18.9 Å². The largest absolute Gasteiger partial charge is 0.506 e. The van der Waals surface area contributed by atoms with E-state index in [0.717, 1.165) is 11.1 Å². The first-order chi connectivity index (χ1) is 9.24. The third kappa shape index (κ3) is 2.25. The molecule has 0 unspecified atom stereocenters. The lowest BCUT2D eigenvalue weighted by Gasteiger charge is -2.12. The number of anilines is 1. The van der Waals surface area contributed by atoms with Gasteiger partial charge in [0.05, 0.1) is 5.69 Å². The number of oxazole rings is 1. The van der Waals surface area contributed by atoms with E-state index in [4.69, 9.17) is 4.42 Å². The molecule has 0 saturated heterocycles. The smallest absolute Gasteiger partial charge is 0.217 e. The van der Waals surface area contributed by atoms with Crippen LogP contribution in [0.25, 0.3) is 11.1 Å². The van der Waals surface area contributed by atoms with Gasteiger partial charge in [-0.15, -0.1) is 0 Å². The van der Waals surface area contributed by atoms with Crippen molar-refractivity contribution >= 4 is 16.8 Å². The van der Waals surface area contributed by atoms with Gasteiger partial charge in [0, 0.05) is 0 Å². The highest BCUT2D eigenvalue weighted by atomic mass is 16.3. The van der Waals surface area contributed by atoms with Gasteiger partial charge in [-0.25, -0.2) is 4.98 Å². The molecule has 0 aliphatic rings. The lowest BCUT2D eigenvalue weighted by Crippen LogP contribution is -2.06. The number of para-hydroxylation sites is 4. The highest BCUT2D eigenvalue weighted by Crippen LogP contribution is 2.27. The minimum Gasteiger partial charge on any atom is -0.506 e. The number of phenolic OH excluding ortho intramolecular Hbond substituents is 1. The van der Waals surface area contributed by atoms with Gasteiger partial charge in [-0.1, -0.05) is 24.3 Å². The molecule has 0 amide bonds. The maximum Gasteiger partial charge on any atom is 0.217 e. The summed E-state index contributed by atoms with van der Waals surface area (Å²) in [4.78, 5) is 4.43. The lowest BCUT2D eigenvalue weighted by molar-refractivity contribution is 0.473. The van der Waals surface area contributed by atoms with Crippen molar-refractivity contribution in [3.8, 4) is 5.75 Å². The molecular formula is C15H14N2O2. The maximum absolute atomic E-state index is 9.73. The fourth-order valence-electron chi connectivity index (χ4n) is 1.97. The standard InChI is InChI=1S/C15H14N2O2/c1-10(16-11-6-2-4-8-13(11)18)15-17-12-7-3-5-9-14(12)19-15/h2-10,16,18H,1H3/t10-/m0/s1. The van der Waals surface area contributed by atoms with Gasteiger partial charge >= 0.3 is 0 Å². The van der Waals surface area contributed by atoms with E-state index in [1.165, 1.54) is 0 Å². The number of rotatable bonds is 3. The molecule has 2 aromatic carbocycles. The van der Waals surface area contributed by atoms with Crippen molar-refractivity contribution in [1.82, 2.24) is 4.98 Å². The van der Waals surface area contributed by atoms with Crippen molar-refractivity contribution in [2.45, 2.75) is 13.0 Å². The number of nitrogens with one attached hydrogen (secondary N) is 1. The van der Waals surface area contributed by atoms with Crippen molar-refractivity contribution in [1.29, 1.82) is 0 Å². The maximum atomic E-state index is 9.73. The van der Waals surface area contributed by atoms with Crippen molar-refractivity contribution < 1.29 is 9.52 Å². The molecule has 3 rings (SSSR count). The average Bonchev–Trinajstić information content (AvgIpc) is 2.85. The molecule has 1 aromatic heterocycles. The molecule has 4 heteroatoms. The number of aromatic nitrogens is 1. The number of benzene rings is 2. The monoisotopic (exact) mass is 254 g/mol. The van der Waals surface area contributed by atoms with Crippen molar-refractivity contribution in [3.05, 3.63) is 54.4 Å². The Hall–Kier alpha value is -2.49. The Morgan fingerprint density at radius 1 is 1.11 bits per heavy atom. The first-order valence-corrected chi connectivity index (χ1v) is 6.14. The Labute approximate surface area is 110 Å². The van der Waals surface area contributed by atoms with Crippen LogP contribution in [0.15, 0.2) is 52.9 Å². The molecular weight excluding hydrogens is 240 g/mol. The van der Waals surface area contributed by atoms with Crippen LogP contribution in [0.4, 0.5) is 5.69 Å². The van der Waals surface area contributed by atoms with E-state index in [0.29, 0.717) is 11.6 Å². The van der Waals surface area contributed by atoms with Crippen LogP contribution in [0.2, 0.25) is 0 Å². The Kier molecular flexibility index (Phi) is 2.83. The molecule has 2 N–H and O–H groups in total. The van der Waals surface area contributed by atoms with Crippen molar-refractivity contribution in [3.63, 3.8) is 0 Å². The fourth-order valence-corrected chi connectivity index (χ4v) is 1.97. The summed E-state index contributed by atoms with van der Waals surface area (Å²) in [6, 6.07) is 14.6. The molecule has 0 spiro atoms. The van der Waals surface area contributed by atoms with Crippen LogP contribution in [-0.2, 0) is 0 Å². The predicted molar refractivity (Wildman–Crippen MR) is 74.2 cm³/mol. The van der Waals surface area contributed by atoms with Gasteiger partial charge in [0.15, 0.2) is 5.58 Å². The van der Waals surface area contributed by atoms with Crippen molar-refractivity contribution in [2.75, 3.05) is 5.32 Å². The summed E-state index contributed by atoms with van der Waals surface area (Å²) in [5.41, 5.74) is 2.27. The highest BCUT2D eigenvalue weighted by Gasteiger charge is 2.14. The molecule has 0 saturated carbocycles. The highest BCUT2D eigenvalue weighted by molar-refractivity contribution is 5.72. The Morgan fingerprint density at radius 3 is 2.63 bits per heavy atom. The van der Waals surface area contributed by atoms with E-state index in [1.54, 1.807) is 12.1 Å². The van der Waals surface area contributed by atoms with Crippen LogP contribution in [-0.4, -0.2) is 10.1 Å². The van der Waals surface area contributed by atoms with Gasteiger partial charge in [0.25, 0.3) is 0 Å². The summed E-state index contributed by atoms with van der Waals surface area (Å²) in [6.45, 7) is 1.94. The first-order valence-electron chi connectivity index (χ1n) is 6.14. The van der Waals surface area contributed by atoms with Gasteiger partial charge < -0.3 is 14.8 Å². The second-order valence-corrected chi connectivity index (χ2v) is 4.40. The minimum atomic E-state index is -0.124. The van der Waals surface area contributed by atoms with Crippen LogP contribution >= 0.6 is 0 Å². The topological polar surface area (TPSA) is 58.3 Å². The number of aromatic hydroxyl groups is 1. The molecule has 96 valence electrons. The second-order valence-electron chi connectivity index (χ2n) is 4.40. The van der Waals surface area contributed by atoms with Gasteiger partial charge in [-0.3, -0.25) is 0 Å². The zero-order valence-electron chi connectivity index (χ0n) is 10.5. The molecule has 1 atom stereocenters. The number of hydrogen-bond acceptors (Lipinski definition) is 4. The van der Waals surface area contributed by atoms with Gasteiger partial charge in [-0.05, 0) is 31.2 Å². The third-order valence-corrected chi connectivity index (χ3v) is 2.96. The van der Waals surface area contributed by atoms with Crippen LogP contribution in [0, 0.1) is 0 Å². The summed E-state index contributed by atoms with van der Waals surface area (Å²) in [5.74, 6) is 0.815. The first kappa shape index (κ1) is 11.6. The molecule has 1 heterocycles. The molecule has 19 heavy (non-hydrogen) atoms. The molecule has 0 aliphatic carbocycles. The molecule has 0 bridgehead atoms. The molecule has 4 nitrogen and oxygen atoms in total. The molecule has 0 fully saturated rings. The number of phenols is 1. The number of nitrogens with zero attached hydrogens (tertiary/aromatic N) is 1. The SMILES string of the molecule is C[C@H](Nc1ccccc1O)c1nc2ccccc2o1. The lowest BCUT2D eigenvalue weighted by atomic mass is 10.2. The van der Waals surface area contributed by atoms with Crippen LogP contribution in [0.5, 0.6) is 5.75 Å². The quantitative estimate of drug-likeness (QED) is 0.699. The summed E-state index contributed by atoms with van der Waals surface area (Å²) < 4.78 is 5.69. The normalized spacial score (nSPS) is 12.5. The van der Waals surface area contributed by atoms with Crippen molar-refractivity contribution in [2.24, 2.45) is 0 Å². The minimum absolute atomic E-state index is 0.124. The summed E-state index contributed by atoms with van der Waals surface area (Å²) >= 11 is 0. The van der Waals surface area contributed by atoms with E-state index in [1.807, 2.05) is 43.3 Å². The zero-order valence-corrected chi connectivity index (χ0v) is 10.5. The van der Waals surface area contributed by atoms with Gasteiger partial charge in [0.2, 0.25) is 5.89 Å². The third-order valence-electron chi connectivity index (χ3n) is 2.96. The Morgan fingerprint density at radius 2 is 1.84 bits per heavy atom. The zero-order chi connectivity index (χ0) is 13.2. The summed E-state index contributed by atoms with van der Waals surface area (Å²) in [7, 11) is 0. The summed E-state index contributed by atoms with van der Waals surface area (Å²) in [5, 5.41) is 12.9. The number of fused-ring (bicyclic) bond motifs is 1. The van der Waals surface area contributed by atoms with E-state index in [2.05, 4.69) is 10.3 Å². The Balaban J connectivity index is 1.87.